The Labute approximate surface area is 159 Å². The molecule has 4 rings (SSSR count). The van der Waals surface area contributed by atoms with Gasteiger partial charge >= 0.3 is 0 Å². The van der Waals surface area contributed by atoms with Gasteiger partial charge in [-0.25, -0.2) is 10.5 Å². The number of hydrogen-bond donors (Lipinski definition) is 1. The van der Waals surface area contributed by atoms with E-state index in [0.29, 0.717) is 5.56 Å². The number of rotatable bonds is 3. The van der Waals surface area contributed by atoms with Crippen LogP contribution in [0.25, 0.3) is 0 Å². The monoisotopic (exact) mass is 380 g/mol. The minimum absolute atomic E-state index is 0.286. The molecule has 0 aliphatic carbocycles. The summed E-state index contributed by atoms with van der Waals surface area (Å²) in [4.78, 5) is 25.1. The average molecular weight is 380 g/mol. The zero-order valence-corrected chi connectivity index (χ0v) is 15.9. The van der Waals surface area contributed by atoms with Gasteiger partial charge in [-0.1, -0.05) is 30.0 Å². The molecule has 1 amide bonds. The van der Waals surface area contributed by atoms with E-state index in [1.54, 1.807) is 29.2 Å². The maximum Gasteiger partial charge on any atom is 0.274 e. The molecule has 26 heavy (non-hydrogen) atoms. The highest BCUT2D eigenvalue weighted by atomic mass is 32.2. The fourth-order valence-corrected chi connectivity index (χ4v) is 4.76. The van der Waals surface area contributed by atoms with Crippen LogP contribution in [0.2, 0.25) is 0 Å². The van der Waals surface area contributed by atoms with Gasteiger partial charge in [0.25, 0.3) is 5.91 Å². The smallest absolute Gasteiger partial charge is 0.274 e. The van der Waals surface area contributed by atoms with Crippen molar-refractivity contribution in [1.29, 1.82) is 0 Å². The molecule has 2 aromatic carbocycles. The van der Waals surface area contributed by atoms with E-state index < -0.39 is 0 Å². The van der Waals surface area contributed by atoms with Crippen LogP contribution in [-0.2, 0) is 4.84 Å². The van der Waals surface area contributed by atoms with Crippen LogP contribution < -0.4 is 5.48 Å². The second kappa shape index (κ2) is 7.07. The van der Waals surface area contributed by atoms with Crippen LogP contribution in [0, 0.1) is 6.92 Å². The molecule has 6 heteroatoms. The standard InChI is InChI=1S/C20H16N2O2S2/c1-12-9-10-25-19(12)18-14-5-3-4-6-16(14)26-17-8-7-13(11-15(17)21-18)20(23)22-24-2/h3-11H,1-2H3,(H,22,23). The Balaban J connectivity index is 1.91. The lowest BCUT2D eigenvalue weighted by molar-refractivity contribution is 0.0537. The predicted octanol–water partition coefficient (Wildman–Crippen LogP) is 4.98. The highest BCUT2D eigenvalue weighted by Gasteiger charge is 2.21. The second-order valence-corrected chi connectivity index (χ2v) is 7.81. The van der Waals surface area contributed by atoms with Crippen molar-refractivity contribution < 1.29 is 9.63 Å². The lowest BCUT2D eigenvalue weighted by Crippen LogP contribution is -2.21. The molecule has 2 heterocycles. The Hall–Kier alpha value is -2.41. The van der Waals surface area contributed by atoms with Crippen molar-refractivity contribution in [2.75, 3.05) is 7.11 Å². The van der Waals surface area contributed by atoms with E-state index >= 15 is 0 Å². The number of benzene rings is 2. The molecule has 0 bridgehead atoms. The number of nitrogens with zero attached hydrogens (tertiary/aromatic N) is 1. The average Bonchev–Trinajstić information content (AvgIpc) is 2.99. The molecule has 0 unspecified atom stereocenters. The SMILES string of the molecule is CONC(=O)c1ccc2c(c1)N=C(c1sccc1C)c1ccccc1S2. The number of carbonyl (C=O) groups is 1. The van der Waals surface area contributed by atoms with Gasteiger partial charge in [0, 0.05) is 20.9 Å². The van der Waals surface area contributed by atoms with Crippen LogP contribution in [0.15, 0.2) is 68.7 Å². The number of aryl methyl sites for hydroxylation is 1. The first-order valence-electron chi connectivity index (χ1n) is 8.05. The molecular formula is C20H16N2O2S2. The number of fused-ring (bicyclic) bond motifs is 2. The third kappa shape index (κ3) is 3.07. The van der Waals surface area contributed by atoms with Gasteiger partial charge in [0.05, 0.1) is 23.4 Å². The first kappa shape index (κ1) is 17.0. The fraction of sp³-hybridized carbons (Fsp3) is 0.100. The van der Waals surface area contributed by atoms with Crippen molar-refractivity contribution in [2.45, 2.75) is 16.7 Å². The summed E-state index contributed by atoms with van der Waals surface area (Å²) in [7, 11) is 1.42. The number of hydroxylamine groups is 1. The molecule has 0 fully saturated rings. The summed E-state index contributed by atoms with van der Waals surface area (Å²) in [6.07, 6.45) is 0. The number of aliphatic imine (C=N–C) groups is 1. The number of thiophene rings is 1. The fourth-order valence-electron chi connectivity index (χ4n) is 2.82. The van der Waals surface area contributed by atoms with Crippen molar-refractivity contribution in [1.82, 2.24) is 5.48 Å². The molecule has 0 atom stereocenters. The molecule has 3 aromatic rings. The van der Waals surface area contributed by atoms with Crippen LogP contribution in [0.1, 0.15) is 26.4 Å². The maximum atomic E-state index is 12.1. The largest absolute Gasteiger partial charge is 0.277 e. The highest BCUT2D eigenvalue weighted by molar-refractivity contribution is 7.99. The van der Waals surface area contributed by atoms with Gasteiger partial charge in [-0.15, -0.1) is 11.3 Å². The summed E-state index contributed by atoms with van der Waals surface area (Å²) in [5, 5.41) is 2.08. The Morgan fingerprint density at radius 3 is 2.73 bits per heavy atom. The van der Waals surface area contributed by atoms with Crippen LogP contribution in [0.5, 0.6) is 0 Å². The zero-order valence-electron chi connectivity index (χ0n) is 14.3. The lowest BCUT2D eigenvalue weighted by atomic mass is 10.1. The number of hydrogen-bond acceptors (Lipinski definition) is 5. The van der Waals surface area contributed by atoms with Gasteiger partial charge in [-0.05, 0) is 48.2 Å². The molecule has 1 aliphatic rings. The van der Waals surface area contributed by atoms with E-state index in [4.69, 9.17) is 9.83 Å². The first-order chi connectivity index (χ1) is 12.7. The first-order valence-corrected chi connectivity index (χ1v) is 9.75. The number of nitrogens with one attached hydrogen (secondary N) is 1. The van der Waals surface area contributed by atoms with Gasteiger partial charge in [0.1, 0.15) is 0 Å². The molecular weight excluding hydrogens is 364 g/mol. The molecule has 0 spiro atoms. The van der Waals surface area contributed by atoms with E-state index in [-0.39, 0.29) is 5.91 Å². The summed E-state index contributed by atoms with van der Waals surface area (Å²) in [5.74, 6) is -0.286. The maximum absolute atomic E-state index is 12.1. The molecule has 130 valence electrons. The molecule has 0 saturated heterocycles. The molecule has 1 N–H and O–H groups in total. The molecule has 0 radical (unpaired) electrons. The minimum Gasteiger partial charge on any atom is -0.277 e. The number of amides is 1. The topological polar surface area (TPSA) is 50.7 Å². The van der Waals surface area contributed by atoms with Gasteiger partial charge in [0.15, 0.2) is 0 Å². The van der Waals surface area contributed by atoms with Gasteiger partial charge < -0.3 is 0 Å². The summed E-state index contributed by atoms with van der Waals surface area (Å²) in [5.41, 5.74) is 6.92. The van der Waals surface area contributed by atoms with E-state index in [2.05, 4.69) is 36.0 Å². The Morgan fingerprint density at radius 2 is 1.96 bits per heavy atom. The predicted molar refractivity (Wildman–Crippen MR) is 106 cm³/mol. The summed E-state index contributed by atoms with van der Waals surface area (Å²) >= 11 is 3.35. The Bertz CT molecular complexity index is 1020. The summed E-state index contributed by atoms with van der Waals surface area (Å²) in [6.45, 7) is 2.10. The van der Waals surface area contributed by atoms with Crippen molar-refractivity contribution in [3.63, 3.8) is 0 Å². The van der Waals surface area contributed by atoms with Crippen LogP contribution in [-0.4, -0.2) is 18.7 Å². The minimum atomic E-state index is -0.286. The van der Waals surface area contributed by atoms with E-state index in [9.17, 15) is 4.79 Å². The van der Waals surface area contributed by atoms with Crippen molar-refractivity contribution >= 4 is 40.4 Å². The summed E-state index contributed by atoms with van der Waals surface area (Å²) < 4.78 is 0. The Morgan fingerprint density at radius 1 is 1.12 bits per heavy atom. The number of carbonyl (C=O) groups excluding carboxylic acids is 1. The van der Waals surface area contributed by atoms with E-state index in [0.717, 1.165) is 31.6 Å². The van der Waals surface area contributed by atoms with Gasteiger partial charge in [-0.3, -0.25) is 9.63 Å². The van der Waals surface area contributed by atoms with Gasteiger partial charge in [-0.2, -0.15) is 0 Å². The lowest BCUT2D eigenvalue weighted by Gasteiger charge is -2.08. The van der Waals surface area contributed by atoms with Crippen molar-refractivity contribution in [2.24, 2.45) is 4.99 Å². The molecule has 4 nitrogen and oxygen atoms in total. The van der Waals surface area contributed by atoms with Crippen molar-refractivity contribution in [3.8, 4) is 0 Å². The quantitative estimate of drug-likeness (QED) is 0.510. The van der Waals surface area contributed by atoms with E-state index in [1.165, 1.54) is 12.7 Å². The summed E-state index contributed by atoms with van der Waals surface area (Å²) in [6, 6.07) is 15.9. The molecule has 1 aliphatic heterocycles. The Kier molecular flexibility index (Phi) is 4.63. The van der Waals surface area contributed by atoms with E-state index in [1.807, 2.05) is 24.3 Å². The normalized spacial score (nSPS) is 12.6. The van der Waals surface area contributed by atoms with Crippen LogP contribution >= 0.6 is 23.1 Å². The second-order valence-electron chi connectivity index (χ2n) is 5.81. The zero-order chi connectivity index (χ0) is 18.1. The van der Waals surface area contributed by atoms with Gasteiger partial charge in [0.2, 0.25) is 0 Å². The van der Waals surface area contributed by atoms with Crippen LogP contribution in [0.3, 0.4) is 0 Å². The highest BCUT2D eigenvalue weighted by Crippen LogP contribution is 2.42. The third-order valence-corrected chi connectivity index (χ3v) is 6.25. The molecule has 0 saturated carbocycles. The third-order valence-electron chi connectivity index (χ3n) is 4.09. The van der Waals surface area contributed by atoms with Crippen LogP contribution in [0.4, 0.5) is 5.69 Å². The molecule has 1 aromatic heterocycles. The van der Waals surface area contributed by atoms with Crippen molar-refractivity contribution in [3.05, 3.63) is 75.5 Å².